The minimum Gasteiger partial charge on any atom is -0.478 e. The number of carbonyl (C=O) groups is 1. The fourth-order valence-corrected chi connectivity index (χ4v) is 2.27. The number of thioether (sulfide) groups is 1. The molecule has 1 unspecified atom stereocenters. The van der Waals surface area contributed by atoms with Gasteiger partial charge in [0.25, 0.3) is 5.69 Å². The van der Waals surface area contributed by atoms with Crippen molar-refractivity contribution in [3.8, 4) is 0 Å². The van der Waals surface area contributed by atoms with Crippen LogP contribution in [0.2, 0.25) is 0 Å². The van der Waals surface area contributed by atoms with Gasteiger partial charge < -0.3 is 10.4 Å². The van der Waals surface area contributed by atoms with Crippen LogP contribution in [0, 0.1) is 15.9 Å². The number of anilines is 1. The maximum atomic E-state index is 13.6. The van der Waals surface area contributed by atoms with Crippen molar-refractivity contribution in [2.75, 3.05) is 16.8 Å². The van der Waals surface area contributed by atoms with E-state index >= 15 is 0 Å². The van der Waals surface area contributed by atoms with E-state index in [4.69, 9.17) is 5.11 Å². The molecule has 110 valence electrons. The van der Waals surface area contributed by atoms with E-state index in [0.29, 0.717) is 5.75 Å². The van der Waals surface area contributed by atoms with E-state index in [1.54, 1.807) is 11.8 Å². The number of benzene rings is 1. The lowest BCUT2D eigenvalue weighted by Crippen LogP contribution is -2.19. The predicted molar refractivity (Wildman–Crippen MR) is 76.1 cm³/mol. The number of nitrogens with zero attached hydrogens (tertiary/aromatic N) is 1. The maximum absolute atomic E-state index is 13.6. The number of aromatic carboxylic acids is 1. The minimum atomic E-state index is -1.54. The lowest BCUT2D eigenvalue weighted by molar-refractivity contribution is -0.384. The van der Waals surface area contributed by atoms with Crippen molar-refractivity contribution in [3.05, 3.63) is 33.6 Å². The summed E-state index contributed by atoms with van der Waals surface area (Å²) in [5.41, 5.74) is -1.17. The SMILES string of the molecule is CCSCC(C)Nc1cc(F)c(C(=O)O)cc1[N+](=O)[O-]. The molecule has 1 rings (SSSR count). The van der Waals surface area contributed by atoms with Crippen LogP contribution in [0.1, 0.15) is 24.2 Å². The molecule has 0 radical (unpaired) electrons. The molecule has 0 saturated heterocycles. The van der Waals surface area contributed by atoms with Gasteiger partial charge in [-0.3, -0.25) is 10.1 Å². The first kappa shape index (κ1) is 16.2. The van der Waals surface area contributed by atoms with Crippen molar-refractivity contribution in [1.29, 1.82) is 0 Å². The highest BCUT2D eigenvalue weighted by Gasteiger charge is 2.22. The smallest absolute Gasteiger partial charge is 0.338 e. The summed E-state index contributed by atoms with van der Waals surface area (Å²) in [6.07, 6.45) is 0. The summed E-state index contributed by atoms with van der Waals surface area (Å²) in [5.74, 6) is -0.927. The Morgan fingerprint density at radius 2 is 2.25 bits per heavy atom. The normalized spacial score (nSPS) is 11.9. The standard InChI is InChI=1S/C12H15FN2O4S/c1-3-20-6-7(2)14-10-5-9(13)8(12(16)17)4-11(10)15(18)19/h4-5,7,14H,3,6H2,1-2H3,(H,16,17). The van der Waals surface area contributed by atoms with E-state index in [2.05, 4.69) is 5.32 Å². The average molecular weight is 302 g/mol. The molecule has 0 fully saturated rings. The second-order valence-electron chi connectivity index (χ2n) is 4.12. The number of carboxylic acid groups (broad SMARTS) is 1. The van der Waals surface area contributed by atoms with Gasteiger partial charge in [0, 0.05) is 23.9 Å². The Labute approximate surface area is 119 Å². The van der Waals surface area contributed by atoms with Crippen molar-refractivity contribution in [3.63, 3.8) is 0 Å². The molecule has 20 heavy (non-hydrogen) atoms. The zero-order valence-electron chi connectivity index (χ0n) is 11.1. The van der Waals surface area contributed by atoms with Gasteiger partial charge in [0.1, 0.15) is 17.1 Å². The summed E-state index contributed by atoms with van der Waals surface area (Å²) in [5, 5.41) is 22.6. The summed E-state index contributed by atoms with van der Waals surface area (Å²) < 4.78 is 13.6. The average Bonchev–Trinajstić information content (AvgIpc) is 2.35. The van der Waals surface area contributed by atoms with Crippen molar-refractivity contribution in [1.82, 2.24) is 0 Å². The quantitative estimate of drug-likeness (QED) is 0.594. The molecule has 1 aromatic carbocycles. The van der Waals surface area contributed by atoms with Crippen LogP contribution < -0.4 is 5.32 Å². The van der Waals surface area contributed by atoms with Gasteiger partial charge in [-0.1, -0.05) is 6.92 Å². The Bertz CT molecular complexity index is 524. The van der Waals surface area contributed by atoms with Gasteiger partial charge in [-0.15, -0.1) is 0 Å². The maximum Gasteiger partial charge on any atom is 0.338 e. The van der Waals surface area contributed by atoms with E-state index in [1.807, 2.05) is 13.8 Å². The molecule has 1 aromatic rings. The zero-order valence-corrected chi connectivity index (χ0v) is 11.9. The van der Waals surface area contributed by atoms with Gasteiger partial charge in [-0.25, -0.2) is 9.18 Å². The van der Waals surface area contributed by atoms with Crippen molar-refractivity contribution >= 4 is 29.1 Å². The van der Waals surface area contributed by atoms with E-state index < -0.39 is 28.0 Å². The fourth-order valence-electron chi connectivity index (χ4n) is 1.59. The topological polar surface area (TPSA) is 92.5 Å². The molecular weight excluding hydrogens is 287 g/mol. The monoisotopic (exact) mass is 302 g/mol. The Kier molecular flexibility index (Phi) is 5.75. The first-order valence-electron chi connectivity index (χ1n) is 5.92. The first-order chi connectivity index (χ1) is 9.36. The molecule has 0 bridgehead atoms. The molecule has 0 amide bonds. The molecule has 0 aliphatic rings. The van der Waals surface area contributed by atoms with Crippen LogP contribution >= 0.6 is 11.8 Å². The van der Waals surface area contributed by atoms with Crippen LogP contribution in [0.25, 0.3) is 0 Å². The third-order valence-electron chi connectivity index (χ3n) is 2.49. The molecule has 1 atom stereocenters. The molecule has 0 aliphatic carbocycles. The number of hydrogen-bond donors (Lipinski definition) is 2. The number of nitro groups is 1. The van der Waals surface area contributed by atoms with Gasteiger partial charge in [-0.05, 0) is 12.7 Å². The molecule has 0 aromatic heterocycles. The number of rotatable bonds is 7. The number of hydrogen-bond acceptors (Lipinski definition) is 5. The lowest BCUT2D eigenvalue weighted by Gasteiger charge is -2.15. The highest BCUT2D eigenvalue weighted by molar-refractivity contribution is 7.99. The zero-order chi connectivity index (χ0) is 15.3. The molecular formula is C12H15FN2O4S. The van der Waals surface area contributed by atoms with Crippen LogP contribution in [0.5, 0.6) is 0 Å². The summed E-state index contributed by atoms with van der Waals surface area (Å²) in [6, 6.07) is 1.49. The molecule has 0 heterocycles. The van der Waals surface area contributed by atoms with Crippen LogP contribution in [-0.4, -0.2) is 33.5 Å². The lowest BCUT2D eigenvalue weighted by atomic mass is 10.1. The molecule has 2 N–H and O–H groups in total. The highest BCUT2D eigenvalue weighted by atomic mass is 32.2. The third-order valence-corrected chi connectivity index (χ3v) is 3.63. The summed E-state index contributed by atoms with van der Waals surface area (Å²) >= 11 is 1.64. The van der Waals surface area contributed by atoms with Gasteiger partial charge in [0.2, 0.25) is 0 Å². The number of carboxylic acids is 1. The van der Waals surface area contributed by atoms with Crippen molar-refractivity contribution < 1.29 is 19.2 Å². The second-order valence-corrected chi connectivity index (χ2v) is 5.44. The highest BCUT2D eigenvalue weighted by Crippen LogP contribution is 2.28. The van der Waals surface area contributed by atoms with Gasteiger partial charge in [-0.2, -0.15) is 11.8 Å². The molecule has 8 heteroatoms. The van der Waals surface area contributed by atoms with E-state index in [1.165, 1.54) is 0 Å². The molecule has 6 nitrogen and oxygen atoms in total. The Balaban J connectivity index is 3.09. The molecule has 0 spiro atoms. The minimum absolute atomic E-state index is 0.0123. The Hall–Kier alpha value is -1.83. The van der Waals surface area contributed by atoms with Crippen LogP contribution in [0.15, 0.2) is 12.1 Å². The van der Waals surface area contributed by atoms with E-state index in [-0.39, 0.29) is 11.7 Å². The van der Waals surface area contributed by atoms with Gasteiger partial charge in [0.05, 0.1) is 4.92 Å². The van der Waals surface area contributed by atoms with Crippen LogP contribution in [0.3, 0.4) is 0 Å². The summed E-state index contributed by atoms with van der Waals surface area (Å²) in [7, 11) is 0. The first-order valence-corrected chi connectivity index (χ1v) is 7.07. The van der Waals surface area contributed by atoms with Crippen LogP contribution in [0.4, 0.5) is 15.8 Å². The fraction of sp³-hybridized carbons (Fsp3) is 0.417. The van der Waals surface area contributed by atoms with E-state index in [9.17, 15) is 19.3 Å². The van der Waals surface area contributed by atoms with Crippen LogP contribution in [-0.2, 0) is 0 Å². The number of nitrogens with one attached hydrogen (secondary N) is 1. The Morgan fingerprint density at radius 3 is 2.75 bits per heavy atom. The predicted octanol–water partition coefficient (Wildman–Crippen LogP) is 2.99. The van der Waals surface area contributed by atoms with E-state index in [0.717, 1.165) is 17.9 Å². The molecule has 0 saturated carbocycles. The number of halogens is 1. The Morgan fingerprint density at radius 1 is 1.60 bits per heavy atom. The van der Waals surface area contributed by atoms with Crippen molar-refractivity contribution in [2.24, 2.45) is 0 Å². The number of nitro benzene ring substituents is 1. The summed E-state index contributed by atoms with van der Waals surface area (Å²) in [6.45, 7) is 3.80. The van der Waals surface area contributed by atoms with Gasteiger partial charge in [0.15, 0.2) is 0 Å². The molecule has 0 aliphatic heterocycles. The largest absolute Gasteiger partial charge is 0.478 e. The third kappa shape index (κ3) is 4.09. The summed E-state index contributed by atoms with van der Waals surface area (Å²) in [4.78, 5) is 21.0. The second kappa shape index (κ2) is 7.09. The van der Waals surface area contributed by atoms with Crippen molar-refractivity contribution in [2.45, 2.75) is 19.9 Å². The van der Waals surface area contributed by atoms with Gasteiger partial charge >= 0.3 is 5.97 Å².